The van der Waals surface area contributed by atoms with Crippen molar-refractivity contribution < 1.29 is 0 Å². The van der Waals surface area contributed by atoms with Crippen LogP contribution in [0.25, 0.3) is 87.8 Å². The minimum atomic E-state index is -0.348. The first-order valence-corrected chi connectivity index (χ1v) is 21.0. The summed E-state index contributed by atoms with van der Waals surface area (Å²) in [6.07, 6.45) is 1.84. The maximum Gasteiger partial charge on any atom is 0.146 e. The lowest BCUT2D eigenvalue weighted by Gasteiger charge is -2.27. The molecule has 2 heterocycles. The molecule has 0 spiro atoms. The molecule has 0 saturated carbocycles. The summed E-state index contributed by atoms with van der Waals surface area (Å²) in [6.45, 7) is 0. The van der Waals surface area contributed by atoms with E-state index < -0.39 is 0 Å². The second-order valence-corrected chi connectivity index (χ2v) is 15.9. The van der Waals surface area contributed by atoms with E-state index in [1.165, 1.54) is 70.8 Å². The van der Waals surface area contributed by atoms with Crippen molar-refractivity contribution >= 4 is 65.5 Å². The summed E-state index contributed by atoms with van der Waals surface area (Å²) in [5.74, 6) is 0. The van der Waals surface area contributed by atoms with E-state index in [-0.39, 0.29) is 6.17 Å². The van der Waals surface area contributed by atoms with E-state index in [0.29, 0.717) is 0 Å². The number of hydrogen-bond acceptors (Lipinski definition) is 2. The first-order valence-electron chi connectivity index (χ1n) is 21.0. The van der Waals surface area contributed by atoms with Gasteiger partial charge in [0.15, 0.2) is 0 Å². The number of benzene rings is 10. The lowest BCUT2D eigenvalue weighted by Crippen LogP contribution is -2.25. The maximum absolute atomic E-state index is 5.49. The summed E-state index contributed by atoms with van der Waals surface area (Å²) in [6, 6.07) is 79.1. The molecule has 1 N–H and O–H groups in total. The van der Waals surface area contributed by atoms with E-state index >= 15 is 0 Å². The molecule has 61 heavy (non-hydrogen) atoms. The molecule has 0 saturated heterocycles. The highest BCUT2D eigenvalue weighted by Gasteiger charge is 2.25. The molecule has 0 fully saturated rings. The van der Waals surface area contributed by atoms with E-state index in [0.717, 1.165) is 39.3 Å². The Balaban J connectivity index is 1.17. The molecule has 0 radical (unpaired) electrons. The Morgan fingerprint density at radius 2 is 0.934 bits per heavy atom. The number of aliphatic imine (C=N–C) groups is 1. The molecule has 11 aromatic rings. The van der Waals surface area contributed by atoms with Gasteiger partial charge >= 0.3 is 0 Å². The van der Waals surface area contributed by atoms with Crippen LogP contribution in [0.1, 0.15) is 22.9 Å². The number of nitrogens with one attached hydrogen (secondary N) is 1. The van der Waals surface area contributed by atoms with Crippen molar-refractivity contribution in [3.8, 4) is 27.9 Å². The molecule has 0 bridgehead atoms. The average molecular weight is 778 g/mol. The summed E-state index contributed by atoms with van der Waals surface area (Å²) in [4.78, 5) is 5.49. The lowest BCUT2D eigenvalue weighted by atomic mass is 9.87. The number of nitrogens with zero attached hydrogens (tertiary/aromatic N) is 2. The minimum absolute atomic E-state index is 0.348. The molecule has 3 nitrogen and oxygen atoms in total. The molecule has 0 amide bonds. The summed E-state index contributed by atoms with van der Waals surface area (Å²) in [5, 5.41) is 13.8. The van der Waals surface area contributed by atoms with Crippen molar-refractivity contribution in [3.05, 3.63) is 241 Å². The van der Waals surface area contributed by atoms with E-state index in [1.54, 1.807) is 0 Å². The highest BCUT2D eigenvalue weighted by Crippen LogP contribution is 2.45. The number of rotatable bonds is 6. The van der Waals surface area contributed by atoms with Gasteiger partial charge in [0, 0.05) is 27.7 Å². The normalized spacial score (nSPS) is 14.1. The standard InChI is InChI=1S/C58H39N3/c1-4-18-38(19-5-1)41-32-33-48-47-28-16-17-31-55(47)61(56(48)34-41)42-35-51-45-26-11-10-24-43(45)44-25-12-14-29-49(44)57(51)52(36-42)46-27-13-15-30-50(46)58-59-53(39-20-6-2-7-21-39)37-54(60-58)40-22-8-3-9-23-40/h1-37,58-59H. The maximum atomic E-state index is 5.49. The van der Waals surface area contributed by atoms with Gasteiger partial charge in [-0.2, -0.15) is 0 Å². The van der Waals surface area contributed by atoms with Crippen LogP contribution < -0.4 is 5.32 Å². The molecule has 12 rings (SSSR count). The van der Waals surface area contributed by atoms with E-state index in [4.69, 9.17) is 4.99 Å². The molecule has 1 aromatic heterocycles. The third-order valence-corrected chi connectivity index (χ3v) is 12.4. The number of para-hydroxylation sites is 1. The van der Waals surface area contributed by atoms with Crippen LogP contribution in [-0.4, -0.2) is 10.3 Å². The van der Waals surface area contributed by atoms with Crippen molar-refractivity contribution in [3.63, 3.8) is 0 Å². The Morgan fingerprint density at radius 1 is 0.377 bits per heavy atom. The highest BCUT2D eigenvalue weighted by atomic mass is 15.1. The van der Waals surface area contributed by atoms with Crippen LogP contribution in [0.4, 0.5) is 0 Å². The topological polar surface area (TPSA) is 29.3 Å². The molecule has 1 aliphatic heterocycles. The SMILES string of the molecule is C1=C(c2ccccc2)NC(c2ccccc2-c2cc(-n3c4ccccc4c4ccc(-c5ccccc5)cc43)cc3c4ccccc4c4ccccc4c23)N=C1c1ccccc1. The fraction of sp³-hybridized carbons (Fsp3) is 0.0172. The molecule has 1 unspecified atom stereocenters. The molecular weight excluding hydrogens is 739 g/mol. The molecule has 3 heteroatoms. The van der Waals surface area contributed by atoms with Crippen LogP contribution in [0.2, 0.25) is 0 Å². The van der Waals surface area contributed by atoms with Crippen LogP contribution in [0, 0.1) is 0 Å². The first-order chi connectivity index (χ1) is 30.3. The monoisotopic (exact) mass is 777 g/mol. The Hall–Kier alpha value is -8.01. The van der Waals surface area contributed by atoms with Gasteiger partial charge in [0.25, 0.3) is 0 Å². The Kier molecular flexibility index (Phi) is 8.24. The average Bonchev–Trinajstić information content (AvgIpc) is 3.68. The lowest BCUT2D eigenvalue weighted by molar-refractivity contribution is 0.665. The van der Waals surface area contributed by atoms with Crippen LogP contribution >= 0.6 is 0 Å². The quantitative estimate of drug-likeness (QED) is 0.167. The predicted molar refractivity (Wildman–Crippen MR) is 257 cm³/mol. The van der Waals surface area contributed by atoms with Gasteiger partial charge in [-0.3, -0.25) is 4.99 Å². The molecule has 1 aliphatic rings. The summed E-state index contributed by atoms with van der Waals surface area (Å²) < 4.78 is 2.48. The zero-order valence-corrected chi connectivity index (χ0v) is 33.3. The Bertz CT molecular complexity index is 3540. The number of allylic oxidation sites excluding steroid dienone is 1. The number of hydrogen-bond donors (Lipinski definition) is 1. The predicted octanol–water partition coefficient (Wildman–Crippen LogP) is 14.7. The van der Waals surface area contributed by atoms with Crippen molar-refractivity contribution in [1.82, 2.24) is 9.88 Å². The third-order valence-electron chi connectivity index (χ3n) is 12.4. The van der Waals surface area contributed by atoms with Crippen molar-refractivity contribution in [2.24, 2.45) is 4.99 Å². The van der Waals surface area contributed by atoms with Gasteiger partial charge in [-0.25, -0.2) is 0 Å². The Morgan fingerprint density at radius 3 is 1.67 bits per heavy atom. The van der Waals surface area contributed by atoms with Gasteiger partial charge in [0.05, 0.1) is 16.7 Å². The minimum Gasteiger partial charge on any atom is -0.359 e. The van der Waals surface area contributed by atoms with E-state index in [9.17, 15) is 0 Å². The second kappa shape index (κ2) is 14.4. The smallest absolute Gasteiger partial charge is 0.146 e. The zero-order valence-electron chi connectivity index (χ0n) is 33.3. The number of aromatic nitrogens is 1. The Labute approximate surface area is 354 Å². The molecule has 0 aliphatic carbocycles. The summed E-state index contributed by atoms with van der Waals surface area (Å²) in [5.41, 5.74) is 13.5. The molecule has 10 aromatic carbocycles. The fourth-order valence-electron chi connectivity index (χ4n) is 9.63. The molecule has 286 valence electrons. The van der Waals surface area contributed by atoms with Crippen LogP contribution in [0.3, 0.4) is 0 Å². The van der Waals surface area contributed by atoms with Crippen molar-refractivity contribution in [1.29, 1.82) is 0 Å². The molecule has 1 atom stereocenters. The third kappa shape index (κ3) is 5.85. The van der Waals surface area contributed by atoms with E-state index in [2.05, 4.69) is 234 Å². The van der Waals surface area contributed by atoms with Gasteiger partial charge in [-0.05, 0) is 96.0 Å². The molecular formula is C58H39N3. The van der Waals surface area contributed by atoms with E-state index in [1.807, 2.05) is 0 Å². The van der Waals surface area contributed by atoms with Crippen LogP contribution in [-0.2, 0) is 0 Å². The van der Waals surface area contributed by atoms with Crippen LogP contribution in [0.15, 0.2) is 229 Å². The van der Waals surface area contributed by atoms with Crippen LogP contribution in [0.5, 0.6) is 0 Å². The largest absolute Gasteiger partial charge is 0.359 e. The number of fused-ring (bicyclic) bond motifs is 9. The van der Waals surface area contributed by atoms with Crippen molar-refractivity contribution in [2.45, 2.75) is 6.17 Å². The zero-order chi connectivity index (χ0) is 40.3. The van der Waals surface area contributed by atoms with Gasteiger partial charge in [0.2, 0.25) is 0 Å². The van der Waals surface area contributed by atoms with Crippen molar-refractivity contribution in [2.75, 3.05) is 0 Å². The van der Waals surface area contributed by atoms with Gasteiger partial charge in [-0.1, -0.05) is 194 Å². The van der Waals surface area contributed by atoms with Gasteiger partial charge in [0.1, 0.15) is 6.17 Å². The first kappa shape index (κ1) is 35.0. The summed E-state index contributed by atoms with van der Waals surface area (Å²) in [7, 11) is 0. The second-order valence-electron chi connectivity index (χ2n) is 15.9. The summed E-state index contributed by atoms with van der Waals surface area (Å²) >= 11 is 0. The van der Waals surface area contributed by atoms with Gasteiger partial charge in [-0.15, -0.1) is 0 Å². The van der Waals surface area contributed by atoms with Gasteiger partial charge < -0.3 is 9.88 Å². The highest BCUT2D eigenvalue weighted by molar-refractivity contribution is 6.29. The fourth-order valence-corrected chi connectivity index (χ4v) is 9.63.